The molecule has 1 heterocycles. The predicted octanol–water partition coefficient (Wildman–Crippen LogP) is 4.03. The molecule has 5 rings (SSSR count). The normalized spacial score (nSPS) is 14.7. The van der Waals surface area contributed by atoms with Gasteiger partial charge in [0.1, 0.15) is 5.75 Å². The van der Waals surface area contributed by atoms with Crippen LogP contribution in [-0.4, -0.2) is 50.3 Å². The van der Waals surface area contributed by atoms with Gasteiger partial charge >= 0.3 is 0 Å². The lowest BCUT2D eigenvalue weighted by molar-refractivity contribution is -0.128. The molecule has 1 N–H and O–H groups in total. The summed E-state index contributed by atoms with van der Waals surface area (Å²) >= 11 is 0. The van der Waals surface area contributed by atoms with Gasteiger partial charge in [-0.15, -0.1) is 0 Å². The first-order valence-corrected chi connectivity index (χ1v) is 14.8. The van der Waals surface area contributed by atoms with Gasteiger partial charge < -0.3 is 15.0 Å². The van der Waals surface area contributed by atoms with Crippen molar-refractivity contribution >= 4 is 27.5 Å². The average molecular weight is 570 g/mol. The van der Waals surface area contributed by atoms with Gasteiger partial charge in [0.25, 0.3) is 5.91 Å². The van der Waals surface area contributed by atoms with Crippen LogP contribution in [0.2, 0.25) is 0 Å². The molecular formula is C32H31N3O5S. The lowest BCUT2D eigenvalue weighted by atomic mass is 10.1. The van der Waals surface area contributed by atoms with E-state index >= 15 is 0 Å². The predicted molar refractivity (Wildman–Crippen MR) is 157 cm³/mol. The summed E-state index contributed by atoms with van der Waals surface area (Å²) in [4.78, 5) is 28.5. The van der Waals surface area contributed by atoms with Crippen molar-refractivity contribution in [2.75, 3.05) is 24.5 Å². The molecule has 0 fully saturated rings. The maximum Gasteiger partial charge on any atom is 0.263 e. The second-order valence-corrected chi connectivity index (χ2v) is 11.6. The fourth-order valence-corrected chi connectivity index (χ4v) is 6.08. The van der Waals surface area contributed by atoms with Crippen molar-refractivity contribution in [3.63, 3.8) is 0 Å². The number of fused-ring (bicyclic) bond motifs is 1. The van der Waals surface area contributed by atoms with Crippen molar-refractivity contribution in [1.29, 1.82) is 0 Å². The molecule has 210 valence electrons. The highest BCUT2D eigenvalue weighted by atomic mass is 32.2. The highest BCUT2D eigenvalue weighted by Crippen LogP contribution is 2.33. The van der Waals surface area contributed by atoms with Crippen molar-refractivity contribution in [1.82, 2.24) is 9.62 Å². The minimum atomic E-state index is -3.98. The Balaban J connectivity index is 1.37. The highest BCUT2D eigenvalue weighted by molar-refractivity contribution is 7.89. The number of amides is 2. The van der Waals surface area contributed by atoms with E-state index in [9.17, 15) is 18.0 Å². The number of carbonyl (C=O) groups excluding carboxylic acids is 2. The number of sulfonamides is 1. The van der Waals surface area contributed by atoms with Gasteiger partial charge in [-0.1, -0.05) is 91.0 Å². The first-order chi connectivity index (χ1) is 19.9. The van der Waals surface area contributed by atoms with E-state index in [1.54, 1.807) is 42.5 Å². The maximum atomic E-state index is 13.8. The highest BCUT2D eigenvalue weighted by Gasteiger charge is 2.36. The molecule has 1 atom stereocenters. The van der Waals surface area contributed by atoms with E-state index < -0.39 is 28.6 Å². The van der Waals surface area contributed by atoms with Gasteiger partial charge in [0.2, 0.25) is 15.9 Å². The summed E-state index contributed by atoms with van der Waals surface area (Å²) in [6.45, 7) is -0.0111. The Morgan fingerprint density at radius 2 is 1.39 bits per heavy atom. The molecule has 0 aromatic heterocycles. The summed E-state index contributed by atoms with van der Waals surface area (Å²) in [5, 5.41) is 2.88. The molecule has 41 heavy (non-hydrogen) atoms. The quantitative estimate of drug-likeness (QED) is 0.311. The average Bonchev–Trinajstić information content (AvgIpc) is 3.02. The van der Waals surface area contributed by atoms with Crippen LogP contribution in [0, 0.1) is 0 Å². The molecule has 0 aliphatic carbocycles. The van der Waals surface area contributed by atoms with E-state index in [0.717, 1.165) is 11.1 Å². The standard InChI is InChI=1S/C32H31N3O5S/c36-31(24-34(21-20-25-12-4-1-5-13-25)41(38,39)27-16-8-3-9-17-27)35-23-30(40-29-19-11-10-18-28(29)35)32(37)33-22-26-14-6-2-7-15-26/h1-19,30H,20-24H2,(H,33,37)/t30-/m1/s1. The molecule has 0 unspecified atom stereocenters. The number of anilines is 1. The van der Waals surface area contributed by atoms with Gasteiger partial charge in [-0.05, 0) is 41.8 Å². The van der Waals surface area contributed by atoms with E-state index in [1.807, 2.05) is 60.7 Å². The number of nitrogens with zero attached hydrogens (tertiary/aromatic N) is 2. The number of hydrogen-bond acceptors (Lipinski definition) is 5. The lowest BCUT2D eigenvalue weighted by Crippen LogP contribution is -2.53. The monoisotopic (exact) mass is 569 g/mol. The van der Waals surface area contributed by atoms with Crippen molar-refractivity contribution in [2.45, 2.75) is 24.0 Å². The van der Waals surface area contributed by atoms with Crippen LogP contribution >= 0.6 is 0 Å². The van der Waals surface area contributed by atoms with Crippen LogP contribution < -0.4 is 15.0 Å². The Labute approximate surface area is 240 Å². The van der Waals surface area contributed by atoms with Gasteiger partial charge in [-0.3, -0.25) is 9.59 Å². The molecule has 4 aromatic carbocycles. The second-order valence-electron chi connectivity index (χ2n) is 9.67. The van der Waals surface area contributed by atoms with Gasteiger partial charge in [-0.2, -0.15) is 4.31 Å². The first kappa shape index (κ1) is 28.1. The van der Waals surface area contributed by atoms with Gasteiger partial charge in [-0.25, -0.2) is 8.42 Å². The van der Waals surface area contributed by atoms with Crippen LogP contribution in [-0.2, 0) is 32.6 Å². The topological polar surface area (TPSA) is 96.0 Å². The number of rotatable bonds is 10. The van der Waals surface area contributed by atoms with Crippen LogP contribution in [0.25, 0.3) is 0 Å². The number of ether oxygens (including phenoxy) is 1. The summed E-state index contributed by atoms with van der Waals surface area (Å²) in [5.41, 5.74) is 2.38. The zero-order valence-corrected chi connectivity index (χ0v) is 23.2. The van der Waals surface area contributed by atoms with E-state index in [-0.39, 0.29) is 23.9 Å². The van der Waals surface area contributed by atoms with Crippen LogP contribution in [0.4, 0.5) is 5.69 Å². The van der Waals surface area contributed by atoms with Gasteiger partial charge in [0.05, 0.1) is 23.7 Å². The van der Waals surface area contributed by atoms with Gasteiger partial charge in [0.15, 0.2) is 6.10 Å². The first-order valence-electron chi connectivity index (χ1n) is 13.4. The van der Waals surface area contributed by atoms with E-state index in [1.165, 1.54) is 21.3 Å². The van der Waals surface area contributed by atoms with E-state index in [4.69, 9.17) is 4.74 Å². The molecule has 1 aliphatic rings. The van der Waals surface area contributed by atoms with Crippen LogP contribution in [0.1, 0.15) is 11.1 Å². The summed E-state index contributed by atoms with van der Waals surface area (Å²) in [5.74, 6) is -0.429. The number of benzene rings is 4. The van der Waals surface area contributed by atoms with Crippen LogP contribution in [0.3, 0.4) is 0 Å². The summed E-state index contributed by atoms with van der Waals surface area (Å²) in [6.07, 6.45) is -0.522. The summed E-state index contributed by atoms with van der Waals surface area (Å²) in [7, 11) is -3.98. The number of para-hydroxylation sites is 2. The Morgan fingerprint density at radius 3 is 2.07 bits per heavy atom. The SMILES string of the molecule is O=C(NCc1ccccc1)[C@H]1CN(C(=O)CN(CCc2ccccc2)S(=O)(=O)c2ccccc2)c2ccccc2O1. The molecule has 9 heteroatoms. The number of nitrogens with one attached hydrogen (secondary N) is 1. The van der Waals surface area contributed by atoms with E-state index in [2.05, 4.69) is 5.32 Å². The second kappa shape index (κ2) is 12.8. The molecule has 8 nitrogen and oxygen atoms in total. The zero-order valence-electron chi connectivity index (χ0n) is 22.4. The molecule has 1 aliphatic heterocycles. The van der Waals surface area contributed by atoms with Gasteiger partial charge in [0, 0.05) is 13.1 Å². The Kier molecular flexibility index (Phi) is 8.76. The summed E-state index contributed by atoms with van der Waals surface area (Å²) in [6, 6.07) is 34.1. The van der Waals surface area contributed by atoms with Crippen molar-refractivity contribution in [3.05, 3.63) is 126 Å². The Hall–Kier alpha value is -4.47. The minimum absolute atomic E-state index is 0.0472. The lowest BCUT2D eigenvalue weighted by Gasteiger charge is -2.35. The Morgan fingerprint density at radius 1 is 0.805 bits per heavy atom. The third kappa shape index (κ3) is 6.82. The summed E-state index contributed by atoms with van der Waals surface area (Å²) < 4.78 is 34.5. The number of carbonyl (C=O) groups is 2. The fraction of sp³-hybridized carbons (Fsp3) is 0.188. The molecule has 0 bridgehead atoms. The van der Waals surface area contributed by atoms with Crippen molar-refractivity contribution in [2.24, 2.45) is 0 Å². The molecular weight excluding hydrogens is 538 g/mol. The van der Waals surface area contributed by atoms with Crippen LogP contribution in [0.5, 0.6) is 5.75 Å². The molecule has 0 saturated heterocycles. The zero-order chi connectivity index (χ0) is 28.7. The molecule has 2 amide bonds. The third-order valence-electron chi connectivity index (χ3n) is 6.86. The molecule has 0 radical (unpaired) electrons. The van der Waals surface area contributed by atoms with Crippen molar-refractivity contribution in [3.8, 4) is 5.75 Å². The smallest absolute Gasteiger partial charge is 0.263 e. The number of hydrogen-bond donors (Lipinski definition) is 1. The van der Waals surface area contributed by atoms with Crippen molar-refractivity contribution < 1.29 is 22.7 Å². The minimum Gasteiger partial charge on any atom is -0.477 e. The third-order valence-corrected chi connectivity index (χ3v) is 8.72. The largest absolute Gasteiger partial charge is 0.477 e. The molecule has 4 aromatic rings. The fourth-order valence-electron chi connectivity index (χ4n) is 4.67. The van der Waals surface area contributed by atoms with E-state index in [0.29, 0.717) is 24.4 Å². The maximum absolute atomic E-state index is 13.8. The van der Waals surface area contributed by atoms with Crippen LogP contribution in [0.15, 0.2) is 120 Å². The Bertz CT molecular complexity index is 1580. The molecule has 0 spiro atoms. The molecule has 0 saturated carbocycles.